The van der Waals surface area contributed by atoms with Crippen LogP contribution in [0.2, 0.25) is 0 Å². The summed E-state index contributed by atoms with van der Waals surface area (Å²) in [4.78, 5) is 22.6. The van der Waals surface area contributed by atoms with E-state index in [1.54, 1.807) is 23.6 Å². The van der Waals surface area contributed by atoms with Crippen LogP contribution in [0.5, 0.6) is 11.5 Å². The molecule has 1 amide bonds. The lowest BCUT2D eigenvalue weighted by molar-refractivity contribution is -0.130. The molecule has 1 aromatic carbocycles. The van der Waals surface area contributed by atoms with E-state index in [0.717, 1.165) is 36.0 Å². The van der Waals surface area contributed by atoms with Gasteiger partial charge in [0.2, 0.25) is 5.91 Å². The first-order valence-electron chi connectivity index (χ1n) is 12.4. The third-order valence-electron chi connectivity index (χ3n) is 6.68. The molecule has 0 saturated carbocycles. The van der Waals surface area contributed by atoms with E-state index in [2.05, 4.69) is 10.1 Å². The summed E-state index contributed by atoms with van der Waals surface area (Å²) in [5, 5.41) is 12.6. The summed E-state index contributed by atoms with van der Waals surface area (Å²) >= 11 is 1.24. The molecule has 0 unspecified atom stereocenters. The Hall–Kier alpha value is -4.32. The lowest BCUT2D eigenvalue weighted by atomic mass is 10.1. The number of aryl methyl sites for hydroxylation is 1. The van der Waals surface area contributed by atoms with Crippen LogP contribution in [0.3, 0.4) is 0 Å². The molecule has 0 spiro atoms. The van der Waals surface area contributed by atoms with Gasteiger partial charge in [0.1, 0.15) is 40.6 Å². The number of amides is 1. The molecule has 0 atom stereocenters. The van der Waals surface area contributed by atoms with Crippen molar-refractivity contribution in [2.45, 2.75) is 32.8 Å². The molecule has 39 heavy (non-hydrogen) atoms. The van der Waals surface area contributed by atoms with Crippen molar-refractivity contribution >= 4 is 34.9 Å². The summed E-state index contributed by atoms with van der Waals surface area (Å²) in [7, 11) is 1.46. The zero-order valence-electron chi connectivity index (χ0n) is 21.8. The Bertz CT molecular complexity index is 1590. The van der Waals surface area contributed by atoms with E-state index in [9.17, 15) is 4.79 Å². The highest BCUT2D eigenvalue weighted by Crippen LogP contribution is 2.41. The quantitative estimate of drug-likeness (QED) is 0.261. The van der Waals surface area contributed by atoms with Crippen molar-refractivity contribution in [2.75, 3.05) is 20.2 Å². The van der Waals surface area contributed by atoms with Gasteiger partial charge < -0.3 is 20.1 Å². The lowest BCUT2D eigenvalue weighted by Crippen LogP contribution is -2.40. The van der Waals surface area contributed by atoms with E-state index in [1.807, 2.05) is 30.2 Å². The number of pyridine rings is 1. The van der Waals surface area contributed by atoms with Gasteiger partial charge in [-0.1, -0.05) is 6.07 Å². The Morgan fingerprint density at radius 3 is 2.74 bits per heavy atom. The number of nitrogens with two attached hydrogens (primary N) is 1. The van der Waals surface area contributed by atoms with Gasteiger partial charge in [-0.3, -0.25) is 10.2 Å². The van der Waals surface area contributed by atoms with Crippen molar-refractivity contribution in [2.24, 2.45) is 10.7 Å². The molecular weight excluding hydrogens is 521 g/mol. The van der Waals surface area contributed by atoms with E-state index in [4.69, 9.17) is 25.6 Å². The number of aromatic nitrogens is 3. The minimum Gasteiger partial charge on any atom is -0.496 e. The Kier molecular flexibility index (Phi) is 7.29. The van der Waals surface area contributed by atoms with Gasteiger partial charge >= 0.3 is 0 Å². The molecule has 0 bridgehead atoms. The first kappa shape index (κ1) is 26.3. The number of halogens is 1. The molecule has 1 fully saturated rings. The summed E-state index contributed by atoms with van der Waals surface area (Å²) < 4.78 is 28.5. The molecular formula is C27H28FN7O3S. The van der Waals surface area contributed by atoms with E-state index < -0.39 is 5.82 Å². The fourth-order valence-corrected chi connectivity index (χ4v) is 5.85. The lowest BCUT2D eigenvalue weighted by Gasteiger charge is -2.31. The third kappa shape index (κ3) is 5.07. The topological polar surface area (TPSA) is 131 Å². The zero-order chi connectivity index (χ0) is 27.7. The highest BCUT2D eigenvalue weighted by atomic mass is 32.1. The summed E-state index contributed by atoms with van der Waals surface area (Å²) in [6, 6.07) is 8.30. The number of nitrogens with zero attached hydrogens (tertiary/aromatic N) is 5. The highest BCUT2D eigenvalue weighted by molar-refractivity contribution is 7.17. The Labute approximate surface area is 228 Å². The fourth-order valence-electron chi connectivity index (χ4n) is 4.77. The molecule has 5 rings (SSSR count). The van der Waals surface area contributed by atoms with Gasteiger partial charge in [0.25, 0.3) is 0 Å². The van der Waals surface area contributed by atoms with Crippen LogP contribution in [0, 0.1) is 18.2 Å². The Balaban J connectivity index is 1.57. The van der Waals surface area contributed by atoms with Crippen LogP contribution in [0.4, 0.5) is 4.39 Å². The number of amidine groups is 1. The maximum absolute atomic E-state index is 15.1. The Morgan fingerprint density at radius 2 is 2.05 bits per heavy atom. The number of thiazole rings is 1. The van der Waals surface area contributed by atoms with Gasteiger partial charge in [-0.15, -0.1) is 11.3 Å². The van der Waals surface area contributed by atoms with Gasteiger partial charge in [0.15, 0.2) is 0 Å². The summed E-state index contributed by atoms with van der Waals surface area (Å²) in [6.07, 6.45) is 4.17. The van der Waals surface area contributed by atoms with Crippen LogP contribution in [0.1, 0.15) is 30.3 Å². The van der Waals surface area contributed by atoms with Gasteiger partial charge in [0, 0.05) is 45.1 Å². The van der Waals surface area contributed by atoms with Crippen molar-refractivity contribution in [3.63, 3.8) is 0 Å². The monoisotopic (exact) mass is 549 g/mol. The predicted octanol–water partition coefficient (Wildman–Crippen LogP) is 4.28. The number of piperidine rings is 1. The summed E-state index contributed by atoms with van der Waals surface area (Å²) in [5.74, 6) is 0.597. The second-order valence-electron chi connectivity index (χ2n) is 9.13. The number of hydrogen-bond donors (Lipinski definition) is 2. The molecule has 3 aromatic heterocycles. The number of nitrogens with one attached hydrogen (secondary N) is 1. The average molecular weight is 550 g/mol. The van der Waals surface area contributed by atoms with Crippen molar-refractivity contribution in [1.29, 1.82) is 5.41 Å². The normalized spacial score (nSPS) is 14.6. The molecule has 0 radical (unpaired) electrons. The van der Waals surface area contributed by atoms with E-state index in [0.29, 0.717) is 34.5 Å². The van der Waals surface area contributed by atoms with E-state index in [1.165, 1.54) is 24.5 Å². The van der Waals surface area contributed by atoms with E-state index in [-0.39, 0.29) is 29.1 Å². The first-order valence-corrected chi connectivity index (χ1v) is 13.2. The minimum atomic E-state index is -0.516. The molecule has 4 aromatic rings. The summed E-state index contributed by atoms with van der Waals surface area (Å²) in [5.41, 5.74) is 8.87. The van der Waals surface area contributed by atoms with Crippen LogP contribution >= 0.6 is 11.3 Å². The summed E-state index contributed by atoms with van der Waals surface area (Å²) in [6.45, 7) is 4.80. The van der Waals surface area contributed by atoms with Crippen molar-refractivity contribution in [3.05, 3.63) is 52.9 Å². The second-order valence-corrected chi connectivity index (χ2v) is 10.1. The van der Waals surface area contributed by atoms with Gasteiger partial charge in [-0.25, -0.2) is 18.9 Å². The number of likely N-dealkylation sites (tertiary alicyclic amines) is 1. The van der Waals surface area contributed by atoms with Crippen LogP contribution < -0.4 is 15.2 Å². The van der Waals surface area contributed by atoms with Crippen LogP contribution in [0.25, 0.3) is 27.3 Å². The predicted molar refractivity (Wildman–Crippen MR) is 148 cm³/mol. The first-order chi connectivity index (χ1) is 18.8. The standard InChI is InChI=1S/C27H28FN7O3S/c1-15-22(20-13-18(9-12-35(20)33-15)38-17-7-10-34(11-8-17)16(2)36)27-32-24(25(39-27)26(30)31-14-29)23-19(28)5-4-6-21(23)37-3/h4-6,9,12-14,17H,7-8,10-11H2,1-3H3,(H3,29,30,31). The number of methoxy groups -OCH3 is 1. The highest BCUT2D eigenvalue weighted by Gasteiger charge is 2.26. The average Bonchev–Trinajstić information content (AvgIpc) is 3.49. The second kappa shape index (κ2) is 10.8. The number of rotatable bonds is 7. The minimum absolute atomic E-state index is 0.000704. The van der Waals surface area contributed by atoms with Crippen LogP contribution in [-0.4, -0.2) is 63.9 Å². The molecule has 12 heteroatoms. The largest absolute Gasteiger partial charge is 0.496 e. The van der Waals surface area contributed by atoms with Crippen molar-refractivity contribution in [3.8, 4) is 33.3 Å². The molecule has 202 valence electrons. The molecule has 10 nitrogen and oxygen atoms in total. The number of hydrogen-bond acceptors (Lipinski definition) is 7. The molecule has 1 aliphatic rings. The maximum Gasteiger partial charge on any atom is 0.219 e. The van der Waals surface area contributed by atoms with Crippen LogP contribution in [-0.2, 0) is 4.79 Å². The smallest absolute Gasteiger partial charge is 0.219 e. The Morgan fingerprint density at radius 1 is 1.28 bits per heavy atom. The van der Waals surface area contributed by atoms with E-state index >= 15 is 4.39 Å². The number of fused-ring (bicyclic) bond motifs is 1. The van der Waals surface area contributed by atoms with Crippen LogP contribution in [0.15, 0.2) is 41.5 Å². The fraction of sp³-hybridized carbons (Fsp3) is 0.296. The van der Waals surface area contributed by atoms with Crippen molar-refractivity contribution < 1.29 is 18.7 Å². The van der Waals surface area contributed by atoms with Gasteiger partial charge in [-0.2, -0.15) is 5.10 Å². The number of carbonyl (C=O) groups excluding carboxylic acids is 1. The number of benzene rings is 1. The third-order valence-corrected chi connectivity index (χ3v) is 7.78. The molecule has 4 heterocycles. The van der Waals surface area contributed by atoms with Crippen molar-refractivity contribution in [1.82, 2.24) is 19.5 Å². The molecule has 3 N–H and O–H groups in total. The van der Waals surface area contributed by atoms with Gasteiger partial charge in [-0.05, 0) is 25.1 Å². The number of aliphatic imine (C=N–C) groups is 1. The SMILES string of the molecule is COc1cccc(F)c1-c1nc(-c2c(C)nn3ccc(OC4CCN(C(C)=O)CC4)cc23)sc1C(N)=NC=N. The van der Waals surface area contributed by atoms with Gasteiger partial charge in [0.05, 0.1) is 40.0 Å². The zero-order valence-corrected chi connectivity index (χ0v) is 22.6. The number of ether oxygens (including phenoxy) is 2. The molecule has 1 aliphatic heterocycles. The molecule has 0 aliphatic carbocycles. The maximum atomic E-state index is 15.1. The molecule has 1 saturated heterocycles. The number of carbonyl (C=O) groups is 1.